The summed E-state index contributed by atoms with van der Waals surface area (Å²) in [6, 6.07) is 8.08. The lowest BCUT2D eigenvalue weighted by atomic mass is 10.0. The summed E-state index contributed by atoms with van der Waals surface area (Å²) in [5.74, 6) is 1.93. The van der Waals surface area contributed by atoms with Crippen molar-refractivity contribution in [2.24, 2.45) is 0 Å². The number of likely N-dealkylation sites (tertiary alicyclic amines) is 1. The highest BCUT2D eigenvalue weighted by molar-refractivity contribution is 5.85. The van der Waals surface area contributed by atoms with E-state index in [-0.39, 0.29) is 24.8 Å². The molecule has 2 aliphatic heterocycles. The van der Waals surface area contributed by atoms with Crippen LogP contribution in [0.4, 0.5) is 0 Å². The lowest BCUT2D eigenvalue weighted by molar-refractivity contribution is 0.0947. The van der Waals surface area contributed by atoms with Gasteiger partial charge in [0.05, 0.1) is 42.3 Å². The summed E-state index contributed by atoms with van der Waals surface area (Å²) in [6.45, 7) is 4.25. The lowest BCUT2D eigenvalue weighted by Gasteiger charge is -2.33. The molecule has 0 amide bonds. The van der Waals surface area contributed by atoms with Gasteiger partial charge in [-0.05, 0) is 32.0 Å². The van der Waals surface area contributed by atoms with Gasteiger partial charge < -0.3 is 29.5 Å². The molecule has 2 aromatic heterocycles. The molecule has 3 aromatic rings. The van der Waals surface area contributed by atoms with Crippen LogP contribution in [0.3, 0.4) is 0 Å². The third-order valence-corrected chi connectivity index (χ3v) is 6.23. The first kappa shape index (κ1) is 27.2. The Bertz CT molecular complexity index is 1110. The summed E-state index contributed by atoms with van der Waals surface area (Å²) in [6.07, 6.45) is 4.72. The molecular formula is C24H31Cl2N5O4. The van der Waals surface area contributed by atoms with Gasteiger partial charge in [0.1, 0.15) is 13.2 Å². The van der Waals surface area contributed by atoms with Crippen molar-refractivity contribution in [3.05, 3.63) is 47.9 Å². The number of nitrogens with one attached hydrogen (secondary N) is 1. The van der Waals surface area contributed by atoms with Crippen LogP contribution in [0, 0.1) is 0 Å². The minimum absolute atomic E-state index is 0. The molecule has 1 fully saturated rings. The van der Waals surface area contributed by atoms with Crippen molar-refractivity contribution in [1.82, 2.24) is 25.2 Å². The predicted octanol–water partition coefficient (Wildman–Crippen LogP) is 2.94. The number of nitrogens with zero attached hydrogens (tertiary/aromatic N) is 4. The fourth-order valence-electron chi connectivity index (χ4n) is 4.40. The third kappa shape index (κ3) is 6.42. The SMILES string of the molecule is COc1cnc2cccc(C(O)CN3CCC(NCc4cc5c(cn4)OCCO5)CC3)c2n1.Cl.Cl. The Morgan fingerprint density at radius 1 is 1.11 bits per heavy atom. The molecule has 9 nitrogen and oxygen atoms in total. The number of hydrogen-bond donors (Lipinski definition) is 2. The fourth-order valence-corrected chi connectivity index (χ4v) is 4.40. The second kappa shape index (κ2) is 12.5. The molecule has 1 atom stereocenters. The highest BCUT2D eigenvalue weighted by Gasteiger charge is 2.23. The van der Waals surface area contributed by atoms with Crippen LogP contribution < -0.4 is 19.5 Å². The molecule has 1 saturated heterocycles. The summed E-state index contributed by atoms with van der Waals surface area (Å²) in [4.78, 5) is 15.7. The zero-order chi connectivity index (χ0) is 22.6. The second-order valence-electron chi connectivity index (χ2n) is 8.42. The minimum Gasteiger partial charge on any atom is -0.486 e. The van der Waals surface area contributed by atoms with E-state index in [4.69, 9.17) is 14.2 Å². The van der Waals surface area contributed by atoms with Crippen LogP contribution in [0.15, 0.2) is 36.7 Å². The van der Waals surface area contributed by atoms with Crippen LogP contribution in [0.5, 0.6) is 17.4 Å². The minimum atomic E-state index is -0.637. The van der Waals surface area contributed by atoms with Crippen LogP contribution in [0.1, 0.15) is 30.2 Å². The molecule has 0 bridgehead atoms. The average molecular weight is 524 g/mol. The van der Waals surface area contributed by atoms with Crippen molar-refractivity contribution < 1.29 is 19.3 Å². The van der Waals surface area contributed by atoms with E-state index >= 15 is 0 Å². The quantitative estimate of drug-likeness (QED) is 0.483. The molecule has 4 heterocycles. The van der Waals surface area contributed by atoms with Gasteiger partial charge >= 0.3 is 0 Å². The summed E-state index contributed by atoms with van der Waals surface area (Å²) in [7, 11) is 1.57. The van der Waals surface area contributed by atoms with Gasteiger partial charge in [0.25, 0.3) is 0 Å². The zero-order valence-corrected chi connectivity index (χ0v) is 21.2. The van der Waals surface area contributed by atoms with Gasteiger partial charge in [-0.1, -0.05) is 12.1 Å². The van der Waals surface area contributed by atoms with Crippen molar-refractivity contribution in [3.8, 4) is 17.4 Å². The van der Waals surface area contributed by atoms with E-state index in [0.717, 1.165) is 48.5 Å². The number of pyridine rings is 1. The van der Waals surface area contributed by atoms with E-state index in [1.165, 1.54) is 0 Å². The van der Waals surface area contributed by atoms with Crippen molar-refractivity contribution >= 4 is 35.8 Å². The van der Waals surface area contributed by atoms with E-state index in [9.17, 15) is 5.11 Å². The Morgan fingerprint density at radius 3 is 2.66 bits per heavy atom. The maximum atomic E-state index is 11.0. The molecule has 1 unspecified atom stereocenters. The summed E-state index contributed by atoms with van der Waals surface area (Å²) in [5.41, 5.74) is 3.17. The number of para-hydroxylation sites is 1. The van der Waals surface area contributed by atoms with Gasteiger partial charge in [0, 0.05) is 30.8 Å². The Labute approximate surface area is 217 Å². The van der Waals surface area contributed by atoms with Gasteiger partial charge in [-0.15, -0.1) is 24.8 Å². The Hall–Kier alpha value is -2.43. The van der Waals surface area contributed by atoms with Crippen LogP contribution >= 0.6 is 24.8 Å². The van der Waals surface area contributed by atoms with E-state index < -0.39 is 6.10 Å². The standard InChI is InChI=1S/C24H29N5O4.2ClH/c1-31-23-14-27-19-4-2-3-18(24(19)28-23)20(30)15-29-7-5-16(6-8-29)25-12-17-11-21-22(13-26-17)33-10-9-32-21;;/h2-4,11,13-14,16,20,25,30H,5-10,12,15H2,1H3;2*1H. The van der Waals surface area contributed by atoms with Gasteiger partial charge in [-0.3, -0.25) is 4.98 Å². The number of rotatable bonds is 7. The highest BCUT2D eigenvalue weighted by atomic mass is 35.5. The van der Waals surface area contributed by atoms with Gasteiger partial charge in [0.15, 0.2) is 11.5 Å². The largest absolute Gasteiger partial charge is 0.486 e. The van der Waals surface area contributed by atoms with Crippen LogP contribution in [0.25, 0.3) is 11.0 Å². The molecule has 0 spiro atoms. The maximum absolute atomic E-state index is 11.0. The number of β-amino-alcohol motifs (C(OH)–C–C–N with tert-alkyl or cyclic N) is 1. The zero-order valence-electron chi connectivity index (χ0n) is 19.6. The number of fused-ring (bicyclic) bond motifs is 2. The number of aromatic nitrogens is 3. The van der Waals surface area contributed by atoms with Crippen LogP contribution in [0.2, 0.25) is 0 Å². The number of aliphatic hydroxyl groups excluding tert-OH is 1. The topological polar surface area (TPSA) is 102 Å². The number of aliphatic hydroxyl groups is 1. The first-order valence-electron chi connectivity index (χ1n) is 11.4. The molecule has 2 N–H and O–H groups in total. The molecule has 35 heavy (non-hydrogen) atoms. The number of ether oxygens (including phenoxy) is 3. The Balaban J connectivity index is 0.00000171. The molecular weight excluding hydrogens is 493 g/mol. The Morgan fingerprint density at radius 2 is 1.89 bits per heavy atom. The summed E-state index contributed by atoms with van der Waals surface area (Å²) < 4.78 is 16.4. The molecule has 0 saturated carbocycles. The second-order valence-corrected chi connectivity index (χ2v) is 8.42. The van der Waals surface area contributed by atoms with E-state index in [2.05, 4.69) is 25.2 Å². The molecule has 0 aliphatic carbocycles. The predicted molar refractivity (Wildman–Crippen MR) is 137 cm³/mol. The molecule has 2 aliphatic rings. The van der Waals surface area contributed by atoms with Gasteiger partial charge in [-0.2, -0.15) is 0 Å². The van der Waals surface area contributed by atoms with Crippen LogP contribution in [-0.4, -0.2) is 71.0 Å². The molecule has 1 aromatic carbocycles. The number of hydrogen-bond acceptors (Lipinski definition) is 9. The van der Waals surface area contributed by atoms with Crippen molar-refractivity contribution in [2.45, 2.75) is 31.5 Å². The van der Waals surface area contributed by atoms with Crippen LogP contribution in [-0.2, 0) is 6.54 Å². The molecule has 0 radical (unpaired) electrons. The molecule has 190 valence electrons. The summed E-state index contributed by atoms with van der Waals surface area (Å²) >= 11 is 0. The first-order chi connectivity index (χ1) is 16.2. The fraction of sp³-hybridized carbons (Fsp3) is 0.458. The maximum Gasteiger partial charge on any atom is 0.232 e. The highest BCUT2D eigenvalue weighted by Crippen LogP contribution is 2.29. The molecule has 5 rings (SSSR count). The average Bonchev–Trinajstić information content (AvgIpc) is 2.87. The Kier molecular flexibility index (Phi) is 9.71. The van der Waals surface area contributed by atoms with Crippen molar-refractivity contribution in [3.63, 3.8) is 0 Å². The number of benzene rings is 1. The lowest BCUT2D eigenvalue weighted by Crippen LogP contribution is -2.43. The normalized spacial score (nSPS) is 16.7. The first-order valence-corrected chi connectivity index (χ1v) is 11.4. The number of halogens is 2. The summed E-state index contributed by atoms with van der Waals surface area (Å²) in [5, 5.41) is 14.6. The van der Waals surface area contributed by atoms with Crippen molar-refractivity contribution in [1.29, 1.82) is 0 Å². The van der Waals surface area contributed by atoms with E-state index in [1.54, 1.807) is 19.5 Å². The van der Waals surface area contributed by atoms with E-state index in [0.29, 0.717) is 49.5 Å². The van der Waals surface area contributed by atoms with Gasteiger partial charge in [0.2, 0.25) is 5.88 Å². The van der Waals surface area contributed by atoms with Gasteiger partial charge in [-0.25, -0.2) is 9.97 Å². The van der Waals surface area contributed by atoms with Crippen molar-refractivity contribution in [2.75, 3.05) is 40.0 Å². The molecule has 11 heteroatoms. The van der Waals surface area contributed by atoms with E-state index in [1.807, 2.05) is 24.3 Å². The monoisotopic (exact) mass is 523 g/mol. The number of piperidine rings is 1. The smallest absolute Gasteiger partial charge is 0.232 e. The number of methoxy groups -OCH3 is 1. The third-order valence-electron chi connectivity index (χ3n) is 6.23.